The number of aromatic nitrogens is 2. The minimum absolute atomic E-state index is 0.0898. The molecular formula is C15H23N5O3. The molecule has 1 aromatic heterocycles. The van der Waals surface area contributed by atoms with Gasteiger partial charge in [-0.1, -0.05) is 12.8 Å². The van der Waals surface area contributed by atoms with Gasteiger partial charge in [0.05, 0.1) is 11.0 Å². The van der Waals surface area contributed by atoms with Crippen molar-refractivity contribution in [2.45, 2.75) is 51.2 Å². The zero-order valence-electron chi connectivity index (χ0n) is 13.6. The highest BCUT2D eigenvalue weighted by atomic mass is 16.6. The molecule has 0 amide bonds. The smallest absolute Gasteiger partial charge is 0.329 e. The third-order valence-corrected chi connectivity index (χ3v) is 5.41. The van der Waals surface area contributed by atoms with E-state index in [1.807, 2.05) is 18.9 Å². The second-order valence-corrected chi connectivity index (χ2v) is 6.44. The highest BCUT2D eigenvalue weighted by Gasteiger charge is 2.58. The van der Waals surface area contributed by atoms with Crippen LogP contribution in [0.5, 0.6) is 0 Å². The number of nitrogens with two attached hydrogens (primary N) is 1. The SMILES string of the molecule is CCOC1CC(N(C)c2ncc([N+](=O)[O-])c(N)n2)C12CCCC2. The van der Waals surface area contributed by atoms with E-state index in [1.165, 1.54) is 19.0 Å². The first-order valence-corrected chi connectivity index (χ1v) is 8.11. The summed E-state index contributed by atoms with van der Waals surface area (Å²) in [5.41, 5.74) is 5.60. The van der Waals surface area contributed by atoms with Crippen molar-refractivity contribution in [3.8, 4) is 0 Å². The van der Waals surface area contributed by atoms with Gasteiger partial charge in [-0.15, -0.1) is 0 Å². The molecule has 0 bridgehead atoms. The van der Waals surface area contributed by atoms with Gasteiger partial charge < -0.3 is 15.4 Å². The lowest BCUT2D eigenvalue weighted by atomic mass is 9.60. The van der Waals surface area contributed by atoms with Crippen molar-refractivity contribution < 1.29 is 9.66 Å². The number of rotatable bonds is 5. The van der Waals surface area contributed by atoms with Gasteiger partial charge in [0.25, 0.3) is 0 Å². The fourth-order valence-corrected chi connectivity index (χ4v) is 4.22. The van der Waals surface area contributed by atoms with Crippen LogP contribution in [0.2, 0.25) is 0 Å². The highest BCUT2D eigenvalue weighted by molar-refractivity contribution is 5.54. The number of nitro groups is 1. The summed E-state index contributed by atoms with van der Waals surface area (Å²) < 4.78 is 5.92. The zero-order chi connectivity index (χ0) is 16.6. The Bertz CT molecular complexity index is 603. The van der Waals surface area contributed by atoms with E-state index in [0.717, 1.165) is 25.9 Å². The lowest BCUT2D eigenvalue weighted by molar-refractivity contribution is -0.384. The first-order chi connectivity index (χ1) is 11.0. The average Bonchev–Trinajstić information content (AvgIpc) is 3.02. The van der Waals surface area contributed by atoms with Crippen molar-refractivity contribution in [1.29, 1.82) is 0 Å². The predicted molar refractivity (Wildman–Crippen MR) is 86.2 cm³/mol. The molecule has 2 saturated carbocycles. The molecule has 8 heteroatoms. The third kappa shape index (κ3) is 2.50. The van der Waals surface area contributed by atoms with Crippen LogP contribution < -0.4 is 10.6 Å². The van der Waals surface area contributed by atoms with Crippen LogP contribution in [0.15, 0.2) is 6.20 Å². The van der Waals surface area contributed by atoms with E-state index < -0.39 is 4.92 Å². The number of anilines is 2. The molecule has 3 rings (SSSR count). The Labute approximate surface area is 135 Å². The molecule has 1 heterocycles. The summed E-state index contributed by atoms with van der Waals surface area (Å²) in [5.74, 6) is 0.354. The van der Waals surface area contributed by atoms with Crippen LogP contribution in [0.3, 0.4) is 0 Å². The topological polar surface area (TPSA) is 107 Å². The second kappa shape index (κ2) is 5.92. The van der Waals surface area contributed by atoms with E-state index in [-0.39, 0.29) is 23.0 Å². The normalized spacial score (nSPS) is 25.3. The molecule has 2 atom stereocenters. The molecular weight excluding hydrogens is 298 g/mol. The lowest BCUT2D eigenvalue weighted by Crippen LogP contribution is -2.63. The molecule has 1 spiro atoms. The Morgan fingerprint density at radius 3 is 2.78 bits per heavy atom. The summed E-state index contributed by atoms with van der Waals surface area (Å²) in [6.45, 7) is 2.75. The van der Waals surface area contributed by atoms with E-state index >= 15 is 0 Å². The fourth-order valence-electron chi connectivity index (χ4n) is 4.22. The number of nitrogens with zero attached hydrogens (tertiary/aromatic N) is 4. The van der Waals surface area contributed by atoms with Crippen molar-refractivity contribution in [3.63, 3.8) is 0 Å². The van der Waals surface area contributed by atoms with Crippen LogP contribution in [0.4, 0.5) is 17.5 Å². The van der Waals surface area contributed by atoms with Crippen molar-refractivity contribution in [1.82, 2.24) is 9.97 Å². The highest BCUT2D eigenvalue weighted by Crippen LogP contribution is 2.56. The quantitative estimate of drug-likeness (QED) is 0.654. The van der Waals surface area contributed by atoms with Gasteiger partial charge in [-0.3, -0.25) is 10.1 Å². The number of hydrogen-bond acceptors (Lipinski definition) is 7. The molecule has 0 aliphatic heterocycles. The van der Waals surface area contributed by atoms with Gasteiger partial charge in [0.1, 0.15) is 6.20 Å². The zero-order valence-corrected chi connectivity index (χ0v) is 13.6. The molecule has 8 nitrogen and oxygen atoms in total. The molecule has 0 aromatic carbocycles. The molecule has 2 fully saturated rings. The summed E-state index contributed by atoms with van der Waals surface area (Å²) in [6, 6.07) is 0.294. The summed E-state index contributed by atoms with van der Waals surface area (Å²) in [6.07, 6.45) is 7.15. The van der Waals surface area contributed by atoms with E-state index in [4.69, 9.17) is 10.5 Å². The molecule has 126 valence electrons. The molecule has 0 saturated heterocycles. The van der Waals surface area contributed by atoms with Crippen LogP contribution in [0.1, 0.15) is 39.0 Å². The molecule has 1 aromatic rings. The standard InChI is InChI=1S/C15H23N5O3/c1-3-23-12-8-11(15(12)6-4-5-7-15)19(2)14-17-9-10(20(21)22)13(16)18-14/h9,11-12H,3-8H2,1-2H3,(H2,16,17,18). The maximum atomic E-state index is 10.8. The third-order valence-electron chi connectivity index (χ3n) is 5.41. The monoisotopic (exact) mass is 321 g/mol. The maximum absolute atomic E-state index is 10.8. The Morgan fingerprint density at radius 2 is 2.22 bits per heavy atom. The van der Waals surface area contributed by atoms with Crippen LogP contribution in [0, 0.1) is 15.5 Å². The second-order valence-electron chi connectivity index (χ2n) is 6.44. The Hall–Kier alpha value is -1.96. The van der Waals surface area contributed by atoms with E-state index in [0.29, 0.717) is 12.0 Å². The lowest BCUT2D eigenvalue weighted by Gasteiger charge is -2.56. The minimum Gasteiger partial charge on any atom is -0.378 e. The minimum atomic E-state index is -0.563. The summed E-state index contributed by atoms with van der Waals surface area (Å²) in [4.78, 5) is 20.6. The molecule has 2 aliphatic rings. The molecule has 2 N–H and O–H groups in total. The Kier molecular flexibility index (Phi) is 4.09. The summed E-state index contributed by atoms with van der Waals surface area (Å²) >= 11 is 0. The van der Waals surface area contributed by atoms with Gasteiger partial charge in [-0.05, 0) is 26.2 Å². The maximum Gasteiger partial charge on any atom is 0.329 e. The van der Waals surface area contributed by atoms with E-state index in [9.17, 15) is 10.1 Å². The van der Waals surface area contributed by atoms with Gasteiger partial charge in [0, 0.05) is 25.1 Å². The fraction of sp³-hybridized carbons (Fsp3) is 0.733. The Balaban J connectivity index is 1.82. The van der Waals surface area contributed by atoms with Gasteiger partial charge in [-0.25, -0.2) is 4.98 Å². The van der Waals surface area contributed by atoms with E-state index in [2.05, 4.69) is 9.97 Å². The van der Waals surface area contributed by atoms with Crippen molar-refractivity contribution in [2.75, 3.05) is 24.3 Å². The number of ether oxygens (including phenoxy) is 1. The summed E-state index contributed by atoms with van der Waals surface area (Å²) in [5, 5.41) is 10.8. The molecule has 2 aliphatic carbocycles. The van der Waals surface area contributed by atoms with Gasteiger partial charge in [-0.2, -0.15) is 4.98 Å². The molecule has 2 unspecified atom stereocenters. The first-order valence-electron chi connectivity index (χ1n) is 8.11. The van der Waals surface area contributed by atoms with Gasteiger partial charge >= 0.3 is 5.69 Å². The van der Waals surface area contributed by atoms with Crippen molar-refractivity contribution in [3.05, 3.63) is 16.3 Å². The summed E-state index contributed by atoms with van der Waals surface area (Å²) in [7, 11) is 1.94. The molecule has 23 heavy (non-hydrogen) atoms. The predicted octanol–water partition coefficient (Wildman–Crippen LogP) is 2.14. The van der Waals surface area contributed by atoms with Crippen molar-refractivity contribution in [2.24, 2.45) is 5.41 Å². The van der Waals surface area contributed by atoms with Crippen LogP contribution >= 0.6 is 0 Å². The number of hydrogen-bond donors (Lipinski definition) is 1. The largest absolute Gasteiger partial charge is 0.378 e. The van der Waals surface area contributed by atoms with Gasteiger partial charge in [0.2, 0.25) is 11.8 Å². The van der Waals surface area contributed by atoms with Crippen LogP contribution in [-0.2, 0) is 4.74 Å². The average molecular weight is 321 g/mol. The Morgan fingerprint density at radius 1 is 1.52 bits per heavy atom. The van der Waals surface area contributed by atoms with Crippen LogP contribution in [-0.4, -0.2) is 40.7 Å². The number of nitrogen functional groups attached to an aromatic ring is 1. The first kappa shape index (κ1) is 15.9. The molecule has 0 radical (unpaired) electrons. The van der Waals surface area contributed by atoms with Crippen LogP contribution in [0.25, 0.3) is 0 Å². The van der Waals surface area contributed by atoms with E-state index in [1.54, 1.807) is 0 Å². The van der Waals surface area contributed by atoms with Gasteiger partial charge in [0.15, 0.2) is 0 Å². The van der Waals surface area contributed by atoms with Crippen molar-refractivity contribution >= 4 is 17.5 Å².